The van der Waals surface area contributed by atoms with E-state index in [1.54, 1.807) is 19.1 Å². The zero-order chi connectivity index (χ0) is 19.4. The molecule has 0 aliphatic carbocycles. The first-order valence-corrected chi connectivity index (χ1v) is 8.69. The number of ketones is 1. The predicted octanol–water partition coefficient (Wildman–Crippen LogP) is 2.32. The first kappa shape index (κ1) is 19.1. The number of epoxide rings is 1. The largest absolute Gasteiger partial charge is 0.507 e. The van der Waals surface area contributed by atoms with Crippen molar-refractivity contribution in [3.63, 3.8) is 0 Å². The van der Waals surface area contributed by atoms with Gasteiger partial charge in [-0.15, -0.1) is 0 Å². The minimum absolute atomic E-state index is 0.0195. The van der Waals surface area contributed by atoms with Crippen molar-refractivity contribution >= 4 is 11.8 Å². The first-order chi connectivity index (χ1) is 13.0. The molecule has 0 unspecified atom stereocenters. The number of hydrogen-bond acceptors (Lipinski definition) is 7. The monoisotopic (exact) mass is 374 g/mol. The molecule has 1 fully saturated rings. The van der Waals surface area contributed by atoms with Crippen LogP contribution < -0.4 is 4.74 Å². The number of phenols is 1. The van der Waals surface area contributed by atoms with Gasteiger partial charge in [-0.1, -0.05) is 18.2 Å². The fourth-order valence-electron chi connectivity index (χ4n) is 2.96. The van der Waals surface area contributed by atoms with Crippen LogP contribution in [0.2, 0.25) is 0 Å². The normalized spacial score (nSPS) is 27.6. The number of fused-ring (bicyclic) bond motifs is 2. The number of cyclic esters (lactones) is 1. The number of carbonyl (C=O) groups is 2. The molecule has 0 bridgehead atoms. The summed E-state index contributed by atoms with van der Waals surface area (Å²) < 4.78 is 21.1. The van der Waals surface area contributed by atoms with E-state index < -0.39 is 12.1 Å². The van der Waals surface area contributed by atoms with Crippen molar-refractivity contribution in [2.24, 2.45) is 0 Å². The van der Waals surface area contributed by atoms with E-state index in [9.17, 15) is 14.7 Å². The van der Waals surface area contributed by atoms with Crippen LogP contribution in [0.15, 0.2) is 36.4 Å². The molecule has 2 aliphatic rings. The van der Waals surface area contributed by atoms with Gasteiger partial charge in [-0.3, -0.25) is 4.79 Å². The maximum absolute atomic E-state index is 12.6. The van der Waals surface area contributed by atoms with E-state index in [2.05, 4.69) is 0 Å². The van der Waals surface area contributed by atoms with Crippen molar-refractivity contribution in [1.29, 1.82) is 0 Å². The molecule has 1 N–H and O–H groups in total. The number of hydrogen-bond donors (Lipinski definition) is 1. The van der Waals surface area contributed by atoms with Crippen LogP contribution in [0.25, 0.3) is 0 Å². The molecule has 1 aromatic carbocycles. The Morgan fingerprint density at radius 1 is 1.26 bits per heavy atom. The highest BCUT2D eigenvalue weighted by atomic mass is 16.7. The summed E-state index contributed by atoms with van der Waals surface area (Å²) in [6, 6.07) is 2.84. The third kappa shape index (κ3) is 4.96. The molecule has 7 heteroatoms. The Morgan fingerprint density at radius 2 is 2.07 bits per heavy atom. The molecule has 27 heavy (non-hydrogen) atoms. The van der Waals surface area contributed by atoms with E-state index in [1.807, 2.05) is 6.08 Å². The number of benzene rings is 1. The lowest BCUT2D eigenvalue weighted by Crippen LogP contribution is -2.19. The van der Waals surface area contributed by atoms with Crippen molar-refractivity contribution in [3.05, 3.63) is 47.6 Å². The second-order valence-corrected chi connectivity index (χ2v) is 6.51. The van der Waals surface area contributed by atoms with Crippen LogP contribution in [0.1, 0.15) is 29.3 Å². The molecule has 7 nitrogen and oxygen atoms in total. The summed E-state index contributed by atoms with van der Waals surface area (Å²) in [6.45, 7) is 1.74. The maximum atomic E-state index is 12.6. The second kappa shape index (κ2) is 8.37. The van der Waals surface area contributed by atoms with E-state index in [1.165, 1.54) is 25.3 Å². The van der Waals surface area contributed by atoms with Crippen molar-refractivity contribution < 1.29 is 33.6 Å². The fourth-order valence-corrected chi connectivity index (χ4v) is 2.96. The van der Waals surface area contributed by atoms with E-state index >= 15 is 0 Å². The Bertz CT molecular complexity index is 781. The third-order valence-corrected chi connectivity index (χ3v) is 4.27. The van der Waals surface area contributed by atoms with Crippen LogP contribution >= 0.6 is 0 Å². The van der Waals surface area contributed by atoms with Gasteiger partial charge in [0.25, 0.3) is 0 Å². The van der Waals surface area contributed by atoms with Gasteiger partial charge in [0.1, 0.15) is 29.3 Å². The fraction of sp³-hybridized carbons (Fsp3) is 0.400. The summed E-state index contributed by atoms with van der Waals surface area (Å²) in [5.74, 6) is -0.925. The number of rotatable bonds is 3. The highest BCUT2D eigenvalue weighted by Gasteiger charge is 2.38. The molecule has 2 aliphatic heterocycles. The number of ether oxygens (including phenoxy) is 4. The second-order valence-electron chi connectivity index (χ2n) is 6.51. The van der Waals surface area contributed by atoms with E-state index in [4.69, 9.17) is 18.9 Å². The van der Waals surface area contributed by atoms with Gasteiger partial charge in [0.2, 0.25) is 0 Å². The van der Waals surface area contributed by atoms with Gasteiger partial charge in [-0.2, -0.15) is 0 Å². The summed E-state index contributed by atoms with van der Waals surface area (Å²) in [4.78, 5) is 24.9. The molecule has 1 aromatic rings. The molecule has 0 radical (unpaired) electrons. The molecular formula is C20H22O7. The Balaban J connectivity index is 1.93. The van der Waals surface area contributed by atoms with E-state index in [0.717, 1.165) is 0 Å². The Hall–Kier alpha value is -2.64. The molecule has 3 rings (SSSR count). The minimum Gasteiger partial charge on any atom is -0.507 e. The first-order valence-electron chi connectivity index (χ1n) is 8.69. The summed E-state index contributed by atoms with van der Waals surface area (Å²) in [7, 11) is 1.47. The zero-order valence-corrected chi connectivity index (χ0v) is 15.2. The molecule has 0 aromatic heterocycles. The van der Waals surface area contributed by atoms with Crippen LogP contribution in [-0.2, 0) is 25.4 Å². The summed E-state index contributed by atoms with van der Waals surface area (Å²) >= 11 is 0. The molecule has 0 saturated carbocycles. The van der Waals surface area contributed by atoms with Crippen LogP contribution in [0.4, 0.5) is 0 Å². The van der Waals surface area contributed by atoms with Crippen LogP contribution in [0, 0.1) is 0 Å². The smallest absolute Gasteiger partial charge is 0.342 e. The number of esters is 1. The SMILES string of the molecule is COCOc1cc(O)c2c(c1)CC(=O)/C=C/C=C\[C@@H]1O[C@@H]1C[C@@H](C)OC2=O. The van der Waals surface area contributed by atoms with Crippen LogP contribution in [-0.4, -0.2) is 49.1 Å². The number of aromatic hydroxyl groups is 1. The number of phenolic OH excluding ortho intramolecular Hbond substituents is 1. The summed E-state index contributed by atoms with van der Waals surface area (Å²) in [5.41, 5.74) is 0.295. The molecule has 3 atom stereocenters. The van der Waals surface area contributed by atoms with Gasteiger partial charge in [0.05, 0.1) is 6.10 Å². The Labute approximate surface area is 157 Å². The van der Waals surface area contributed by atoms with Crippen molar-refractivity contribution in [2.45, 2.75) is 38.1 Å². The average molecular weight is 374 g/mol. The number of allylic oxidation sites excluding steroid dienone is 3. The summed E-state index contributed by atoms with van der Waals surface area (Å²) in [5, 5.41) is 10.4. The Kier molecular flexibility index (Phi) is 5.93. The van der Waals surface area contributed by atoms with Crippen LogP contribution in [0.3, 0.4) is 0 Å². The highest BCUT2D eigenvalue weighted by Crippen LogP contribution is 2.32. The average Bonchev–Trinajstić information content (AvgIpc) is 3.33. The number of carbonyl (C=O) groups excluding carboxylic acids is 2. The molecular weight excluding hydrogens is 352 g/mol. The molecule has 2 heterocycles. The van der Waals surface area contributed by atoms with Gasteiger partial charge in [-0.05, 0) is 24.6 Å². The molecule has 1 saturated heterocycles. The topological polar surface area (TPSA) is 94.6 Å². The quantitative estimate of drug-likeness (QED) is 0.493. The van der Waals surface area contributed by atoms with E-state index in [-0.39, 0.29) is 42.5 Å². The van der Waals surface area contributed by atoms with E-state index in [0.29, 0.717) is 17.7 Å². The van der Waals surface area contributed by atoms with Gasteiger partial charge in [0.15, 0.2) is 12.6 Å². The maximum Gasteiger partial charge on any atom is 0.342 e. The minimum atomic E-state index is -0.685. The Morgan fingerprint density at radius 3 is 2.85 bits per heavy atom. The van der Waals surface area contributed by atoms with Crippen molar-refractivity contribution in [3.8, 4) is 11.5 Å². The highest BCUT2D eigenvalue weighted by molar-refractivity contribution is 5.98. The predicted molar refractivity (Wildman–Crippen MR) is 95.8 cm³/mol. The zero-order valence-electron chi connectivity index (χ0n) is 15.2. The summed E-state index contributed by atoms with van der Waals surface area (Å²) in [6.07, 6.45) is 6.71. The lowest BCUT2D eigenvalue weighted by molar-refractivity contribution is -0.114. The van der Waals surface area contributed by atoms with Crippen LogP contribution in [0.5, 0.6) is 11.5 Å². The third-order valence-electron chi connectivity index (χ3n) is 4.27. The van der Waals surface area contributed by atoms with Gasteiger partial charge < -0.3 is 24.1 Å². The molecule has 0 spiro atoms. The molecule has 144 valence electrons. The lowest BCUT2D eigenvalue weighted by Gasteiger charge is -2.16. The standard InChI is InChI=1S/C20H22O7/c1-12-7-18-17(27-18)6-4-3-5-14(21)8-13-9-15(25-11-24-2)10-16(22)19(13)20(23)26-12/h3-6,9-10,12,17-18,22H,7-8,11H2,1-2H3/b5-3+,6-4-/t12-,17+,18-/m1/s1. The van der Waals surface area contributed by atoms with Gasteiger partial charge >= 0.3 is 5.97 Å². The van der Waals surface area contributed by atoms with Gasteiger partial charge in [0, 0.05) is 26.0 Å². The van der Waals surface area contributed by atoms with Crippen molar-refractivity contribution in [2.75, 3.05) is 13.9 Å². The van der Waals surface area contributed by atoms with Gasteiger partial charge in [-0.25, -0.2) is 4.79 Å². The molecule has 0 amide bonds. The van der Waals surface area contributed by atoms with Crippen molar-refractivity contribution in [1.82, 2.24) is 0 Å². The number of methoxy groups -OCH3 is 1. The lowest BCUT2D eigenvalue weighted by atomic mass is 10.00.